The maximum absolute atomic E-state index is 11.7. The Morgan fingerprint density at radius 3 is 2.30 bits per heavy atom. The third-order valence-electron chi connectivity index (χ3n) is 4.27. The Morgan fingerprint density at radius 2 is 1.73 bits per heavy atom. The number of hydrogen-bond acceptors (Lipinski definition) is 7. The molecule has 0 spiro atoms. The standard InChI is InChI=1S/C19H27Cl2N5O3S/c1-11(2)7-14(10-27)22-18-23-17(24-19(25-18)26-30(4,28)29)8-12(3)13-5-6-15(20)16(21)9-13/h5-6,9,11-12,14,27H,7-8,10H2,1-4H3,(H2,22,23,24,25,26)/t12-,14-/m1/s1. The van der Waals surface area contributed by atoms with Crippen LogP contribution < -0.4 is 10.0 Å². The highest BCUT2D eigenvalue weighted by atomic mass is 35.5. The van der Waals surface area contributed by atoms with E-state index in [2.05, 4.69) is 25.0 Å². The van der Waals surface area contributed by atoms with Crippen LogP contribution in [0.15, 0.2) is 18.2 Å². The van der Waals surface area contributed by atoms with Crippen LogP contribution in [0.1, 0.15) is 44.5 Å². The van der Waals surface area contributed by atoms with Gasteiger partial charge in [-0.1, -0.05) is 50.0 Å². The number of nitrogens with one attached hydrogen (secondary N) is 2. The first-order chi connectivity index (χ1) is 14.0. The maximum atomic E-state index is 11.7. The number of aliphatic hydroxyl groups excluding tert-OH is 1. The smallest absolute Gasteiger partial charge is 0.241 e. The molecular formula is C19H27Cl2N5O3S. The van der Waals surface area contributed by atoms with Gasteiger partial charge in [0.15, 0.2) is 0 Å². The zero-order chi connectivity index (χ0) is 22.5. The fourth-order valence-corrected chi connectivity index (χ4v) is 3.66. The molecule has 3 N–H and O–H groups in total. The van der Waals surface area contributed by atoms with Crippen molar-refractivity contribution in [1.82, 2.24) is 15.0 Å². The van der Waals surface area contributed by atoms with E-state index < -0.39 is 10.0 Å². The van der Waals surface area contributed by atoms with Crippen molar-refractivity contribution in [3.8, 4) is 0 Å². The molecule has 0 amide bonds. The quantitative estimate of drug-likeness (QED) is 0.479. The van der Waals surface area contributed by atoms with Crippen LogP contribution in [0, 0.1) is 5.92 Å². The van der Waals surface area contributed by atoms with E-state index in [0.29, 0.717) is 34.6 Å². The maximum Gasteiger partial charge on any atom is 0.241 e. The minimum atomic E-state index is -3.57. The van der Waals surface area contributed by atoms with Crippen molar-refractivity contribution in [2.24, 2.45) is 5.92 Å². The average Bonchev–Trinajstić information content (AvgIpc) is 2.61. The van der Waals surface area contributed by atoms with Crippen LogP contribution in [0.2, 0.25) is 10.0 Å². The molecule has 0 fully saturated rings. The van der Waals surface area contributed by atoms with Crippen molar-refractivity contribution in [3.05, 3.63) is 39.6 Å². The lowest BCUT2D eigenvalue weighted by Gasteiger charge is -2.19. The van der Waals surface area contributed by atoms with Gasteiger partial charge in [-0.15, -0.1) is 0 Å². The molecule has 0 aliphatic carbocycles. The molecule has 2 aromatic rings. The first kappa shape index (κ1) is 24.6. The Hall–Kier alpha value is -1.68. The van der Waals surface area contributed by atoms with Crippen molar-refractivity contribution >= 4 is 45.1 Å². The third-order valence-corrected chi connectivity index (χ3v) is 5.56. The lowest BCUT2D eigenvalue weighted by atomic mass is 9.97. The van der Waals surface area contributed by atoms with Crippen LogP contribution in [0.4, 0.5) is 11.9 Å². The Balaban J connectivity index is 2.31. The van der Waals surface area contributed by atoms with Crippen LogP contribution >= 0.6 is 23.2 Å². The summed E-state index contributed by atoms with van der Waals surface area (Å²) in [5.41, 5.74) is 0.949. The second kappa shape index (κ2) is 10.6. The summed E-state index contributed by atoms with van der Waals surface area (Å²) >= 11 is 12.1. The lowest BCUT2D eigenvalue weighted by molar-refractivity contribution is 0.259. The fraction of sp³-hybridized carbons (Fsp3) is 0.526. The van der Waals surface area contributed by atoms with E-state index in [4.69, 9.17) is 23.2 Å². The van der Waals surface area contributed by atoms with E-state index in [1.54, 1.807) is 12.1 Å². The van der Waals surface area contributed by atoms with Crippen molar-refractivity contribution in [2.75, 3.05) is 22.9 Å². The van der Waals surface area contributed by atoms with Crippen molar-refractivity contribution in [3.63, 3.8) is 0 Å². The summed E-state index contributed by atoms with van der Waals surface area (Å²) in [5.74, 6) is 0.864. The Labute approximate surface area is 187 Å². The monoisotopic (exact) mass is 475 g/mol. The average molecular weight is 476 g/mol. The lowest BCUT2D eigenvalue weighted by Crippen LogP contribution is -2.27. The number of aromatic nitrogens is 3. The number of halogens is 2. The number of nitrogens with zero attached hydrogens (tertiary/aromatic N) is 3. The summed E-state index contributed by atoms with van der Waals surface area (Å²) in [6.45, 7) is 5.96. The van der Waals surface area contributed by atoms with Crippen molar-refractivity contribution in [1.29, 1.82) is 0 Å². The largest absolute Gasteiger partial charge is 0.394 e. The minimum absolute atomic E-state index is 0.00889. The summed E-state index contributed by atoms with van der Waals surface area (Å²) in [6.07, 6.45) is 2.14. The van der Waals surface area contributed by atoms with Gasteiger partial charge in [0.25, 0.3) is 0 Å². The summed E-state index contributed by atoms with van der Waals surface area (Å²) in [7, 11) is -3.57. The molecule has 0 saturated heterocycles. The van der Waals surface area contributed by atoms with E-state index in [1.807, 2.05) is 26.8 Å². The van der Waals surface area contributed by atoms with Crippen LogP contribution in [0.3, 0.4) is 0 Å². The third kappa shape index (κ3) is 7.86. The van der Waals surface area contributed by atoms with Gasteiger partial charge in [-0.2, -0.15) is 15.0 Å². The molecule has 0 radical (unpaired) electrons. The van der Waals surface area contributed by atoms with Gasteiger partial charge in [0.05, 0.1) is 28.9 Å². The van der Waals surface area contributed by atoms with E-state index in [-0.39, 0.29) is 30.5 Å². The molecule has 8 nitrogen and oxygen atoms in total. The number of hydrogen-bond donors (Lipinski definition) is 3. The Bertz CT molecular complexity index is 973. The van der Waals surface area contributed by atoms with Crippen LogP contribution in [0.25, 0.3) is 0 Å². The van der Waals surface area contributed by atoms with Crippen LogP contribution in [-0.4, -0.2) is 47.4 Å². The highest BCUT2D eigenvalue weighted by Gasteiger charge is 2.17. The Morgan fingerprint density at radius 1 is 1.07 bits per heavy atom. The molecule has 2 rings (SSSR count). The topological polar surface area (TPSA) is 117 Å². The zero-order valence-electron chi connectivity index (χ0n) is 17.4. The first-order valence-corrected chi connectivity index (χ1v) is 12.2. The van der Waals surface area contributed by atoms with Gasteiger partial charge in [-0.05, 0) is 36.0 Å². The van der Waals surface area contributed by atoms with Crippen LogP contribution in [-0.2, 0) is 16.4 Å². The fourth-order valence-electron chi connectivity index (χ4n) is 2.93. The van der Waals surface area contributed by atoms with Crippen molar-refractivity contribution < 1.29 is 13.5 Å². The summed E-state index contributed by atoms with van der Waals surface area (Å²) in [6, 6.07) is 5.12. The van der Waals surface area contributed by atoms with Gasteiger partial charge >= 0.3 is 0 Å². The van der Waals surface area contributed by atoms with E-state index >= 15 is 0 Å². The van der Waals surface area contributed by atoms with Gasteiger partial charge in [-0.3, -0.25) is 4.72 Å². The van der Waals surface area contributed by atoms with Crippen molar-refractivity contribution in [2.45, 2.75) is 45.6 Å². The molecule has 166 valence electrons. The summed E-state index contributed by atoms with van der Waals surface area (Å²) in [5, 5.41) is 13.6. The van der Waals surface area contributed by atoms with Gasteiger partial charge < -0.3 is 10.4 Å². The molecule has 0 aliphatic rings. The first-order valence-electron chi connectivity index (χ1n) is 9.52. The summed E-state index contributed by atoms with van der Waals surface area (Å²) in [4.78, 5) is 12.8. The molecule has 2 atom stereocenters. The molecule has 1 heterocycles. The van der Waals surface area contributed by atoms with Gasteiger partial charge in [-0.25, -0.2) is 8.42 Å². The second-order valence-electron chi connectivity index (χ2n) is 7.71. The predicted octanol–water partition coefficient (Wildman–Crippen LogP) is 3.72. The second-order valence-corrected chi connectivity index (χ2v) is 10.3. The molecule has 1 aromatic carbocycles. The molecule has 11 heteroatoms. The number of benzene rings is 1. The molecule has 1 aromatic heterocycles. The van der Waals surface area contributed by atoms with Gasteiger partial charge in [0.2, 0.25) is 21.9 Å². The molecule has 0 aliphatic heterocycles. The molecule has 0 unspecified atom stereocenters. The number of sulfonamides is 1. The molecule has 0 bridgehead atoms. The van der Waals surface area contributed by atoms with Gasteiger partial charge in [0.1, 0.15) is 5.82 Å². The predicted molar refractivity (Wildman–Crippen MR) is 121 cm³/mol. The minimum Gasteiger partial charge on any atom is -0.394 e. The normalized spacial score (nSPS) is 13.9. The van der Waals surface area contributed by atoms with E-state index in [0.717, 1.165) is 11.8 Å². The SMILES string of the molecule is CC(C)C[C@H](CO)Nc1nc(C[C@@H](C)c2ccc(Cl)c(Cl)c2)nc(NS(C)(=O)=O)n1. The molecule has 0 saturated carbocycles. The number of anilines is 2. The highest BCUT2D eigenvalue weighted by Crippen LogP contribution is 2.28. The van der Waals surface area contributed by atoms with E-state index in [1.165, 1.54) is 0 Å². The van der Waals surface area contributed by atoms with E-state index in [9.17, 15) is 13.5 Å². The molecular weight excluding hydrogens is 449 g/mol. The summed E-state index contributed by atoms with van der Waals surface area (Å²) < 4.78 is 25.6. The van der Waals surface area contributed by atoms with Crippen LogP contribution in [0.5, 0.6) is 0 Å². The number of rotatable bonds is 10. The zero-order valence-corrected chi connectivity index (χ0v) is 19.7. The highest BCUT2D eigenvalue weighted by molar-refractivity contribution is 7.91. The Kier molecular flexibility index (Phi) is 8.66. The number of aliphatic hydroxyl groups is 1. The molecule has 30 heavy (non-hydrogen) atoms. The van der Waals surface area contributed by atoms with Gasteiger partial charge in [0, 0.05) is 6.42 Å².